The molecule has 0 saturated carbocycles. The Balaban J connectivity index is 2.16. The first kappa shape index (κ1) is 18.4. The highest BCUT2D eigenvalue weighted by molar-refractivity contribution is 7.75. The number of methoxy groups -OCH3 is 2. The van der Waals surface area contributed by atoms with Crippen LogP contribution in [0.3, 0.4) is 0 Å². The number of hydrogen-bond acceptors (Lipinski definition) is 7. The fourth-order valence-corrected chi connectivity index (χ4v) is 2.04. The van der Waals surface area contributed by atoms with Crippen LogP contribution in [0.4, 0.5) is 0 Å². The molecule has 0 amide bonds. The van der Waals surface area contributed by atoms with E-state index >= 15 is 0 Å². The Hall–Kier alpha value is -2.93. The number of carbonyl (C=O) groups excluding carboxylic acids is 2. The highest BCUT2D eigenvalue weighted by Crippen LogP contribution is 2.29. The molecule has 0 bridgehead atoms. The van der Waals surface area contributed by atoms with E-state index in [9.17, 15) is 9.59 Å². The van der Waals surface area contributed by atoms with Gasteiger partial charge in [-0.25, -0.2) is 9.59 Å². The van der Waals surface area contributed by atoms with Crippen molar-refractivity contribution in [2.24, 2.45) is 0 Å². The molecule has 0 aromatic heterocycles. The summed E-state index contributed by atoms with van der Waals surface area (Å²) < 4.78 is 19.9. The van der Waals surface area contributed by atoms with Gasteiger partial charge in [0.25, 0.3) is 0 Å². The Morgan fingerprint density at radius 2 is 1.72 bits per heavy atom. The predicted molar refractivity (Wildman–Crippen MR) is 95.1 cm³/mol. The van der Waals surface area contributed by atoms with Crippen molar-refractivity contribution in [2.45, 2.75) is 0 Å². The molecular formula is C18H16O6S. The number of esters is 2. The van der Waals surface area contributed by atoms with Crippen molar-refractivity contribution in [1.82, 2.24) is 0 Å². The van der Waals surface area contributed by atoms with Gasteiger partial charge in [0.2, 0.25) is 0 Å². The summed E-state index contributed by atoms with van der Waals surface area (Å²) in [4.78, 5) is 23.3. The van der Waals surface area contributed by atoms with Crippen molar-refractivity contribution in [2.75, 3.05) is 14.2 Å². The van der Waals surface area contributed by atoms with Crippen molar-refractivity contribution in [3.63, 3.8) is 0 Å². The molecule has 2 aromatic carbocycles. The van der Waals surface area contributed by atoms with E-state index in [1.54, 1.807) is 48.5 Å². The Labute approximate surface area is 150 Å². The fourth-order valence-electron chi connectivity index (χ4n) is 1.92. The van der Waals surface area contributed by atoms with Crippen LogP contribution in [-0.4, -0.2) is 26.2 Å². The van der Waals surface area contributed by atoms with E-state index in [1.165, 1.54) is 20.3 Å². The Bertz CT molecular complexity index is 783. The van der Waals surface area contributed by atoms with E-state index in [-0.39, 0.29) is 5.75 Å². The smallest absolute Gasteiger partial charge is 0.343 e. The molecule has 0 heterocycles. The second-order valence-corrected chi connectivity index (χ2v) is 4.95. The van der Waals surface area contributed by atoms with Crippen LogP contribution in [0.5, 0.6) is 17.2 Å². The molecule has 0 unspecified atom stereocenters. The maximum atomic E-state index is 12.2. The molecule has 0 N–H and O–H groups in total. The molecule has 130 valence electrons. The van der Waals surface area contributed by atoms with Gasteiger partial charge in [-0.2, -0.15) is 0 Å². The van der Waals surface area contributed by atoms with E-state index in [1.807, 2.05) is 0 Å². The van der Waals surface area contributed by atoms with Crippen molar-refractivity contribution in [3.8, 4) is 17.2 Å². The van der Waals surface area contributed by atoms with Crippen LogP contribution in [0.1, 0.15) is 15.9 Å². The third kappa shape index (κ3) is 5.02. The van der Waals surface area contributed by atoms with E-state index in [4.69, 9.17) is 13.7 Å². The Morgan fingerprint density at radius 3 is 2.32 bits per heavy atom. The first-order valence-corrected chi connectivity index (χ1v) is 7.51. The van der Waals surface area contributed by atoms with Gasteiger partial charge in [0.15, 0.2) is 11.5 Å². The highest BCUT2D eigenvalue weighted by atomic mass is 32.1. The zero-order chi connectivity index (χ0) is 18.2. The molecule has 6 nitrogen and oxygen atoms in total. The molecule has 2 aromatic rings. The first-order valence-electron chi connectivity index (χ1n) is 7.15. The lowest BCUT2D eigenvalue weighted by Gasteiger charge is -2.10. The third-order valence-electron chi connectivity index (χ3n) is 3.20. The topological polar surface area (TPSA) is 71.1 Å². The molecule has 0 saturated heterocycles. The van der Waals surface area contributed by atoms with Gasteiger partial charge < -0.3 is 18.4 Å². The first-order chi connectivity index (χ1) is 12.1. The second-order valence-electron chi connectivity index (χ2n) is 4.77. The van der Waals surface area contributed by atoms with E-state index in [0.29, 0.717) is 22.6 Å². The van der Waals surface area contributed by atoms with Gasteiger partial charge in [0.05, 0.1) is 19.8 Å². The largest absolute Gasteiger partial charge is 0.493 e. The minimum atomic E-state index is -0.540. The van der Waals surface area contributed by atoms with Gasteiger partial charge in [-0.1, -0.05) is 6.07 Å². The van der Waals surface area contributed by atoms with Gasteiger partial charge in [-0.3, -0.25) is 0 Å². The molecule has 25 heavy (non-hydrogen) atoms. The SMILES string of the molecule is COC(=O)/C=C/c1ccc(OC(=O)c2ccc(OS)cc2)c(OC)c1. The van der Waals surface area contributed by atoms with Crippen LogP contribution in [0.2, 0.25) is 0 Å². The summed E-state index contributed by atoms with van der Waals surface area (Å²) in [6.45, 7) is 0. The Morgan fingerprint density at radius 1 is 1.00 bits per heavy atom. The van der Waals surface area contributed by atoms with Crippen molar-refractivity contribution >= 4 is 30.9 Å². The van der Waals surface area contributed by atoms with Crippen molar-refractivity contribution in [1.29, 1.82) is 0 Å². The summed E-state index contributed by atoms with van der Waals surface area (Å²) in [5.41, 5.74) is 1.04. The third-order valence-corrected chi connectivity index (χ3v) is 3.41. The van der Waals surface area contributed by atoms with E-state index in [0.717, 1.165) is 0 Å². The average molecular weight is 360 g/mol. The second kappa shape index (κ2) is 8.79. The number of hydrogen-bond donors (Lipinski definition) is 1. The van der Waals surface area contributed by atoms with Gasteiger partial charge in [-0.05, 0) is 48.0 Å². The lowest BCUT2D eigenvalue weighted by Crippen LogP contribution is -2.09. The highest BCUT2D eigenvalue weighted by Gasteiger charge is 2.13. The van der Waals surface area contributed by atoms with Crippen LogP contribution in [0, 0.1) is 0 Å². The van der Waals surface area contributed by atoms with Gasteiger partial charge in [0, 0.05) is 19.0 Å². The zero-order valence-corrected chi connectivity index (χ0v) is 14.5. The average Bonchev–Trinajstić information content (AvgIpc) is 2.66. The van der Waals surface area contributed by atoms with Crippen LogP contribution in [0.25, 0.3) is 6.08 Å². The van der Waals surface area contributed by atoms with Crippen molar-refractivity contribution < 1.29 is 28.0 Å². The van der Waals surface area contributed by atoms with E-state index in [2.05, 4.69) is 17.6 Å². The van der Waals surface area contributed by atoms with Gasteiger partial charge >= 0.3 is 11.9 Å². The summed E-state index contributed by atoms with van der Waals surface area (Å²) >= 11 is 3.68. The lowest BCUT2D eigenvalue weighted by molar-refractivity contribution is -0.134. The fraction of sp³-hybridized carbons (Fsp3) is 0.111. The molecule has 0 aliphatic rings. The summed E-state index contributed by atoms with van der Waals surface area (Å²) in [6, 6.07) is 11.2. The molecule has 0 aliphatic carbocycles. The summed E-state index contributed by atoms with van der Waals surface area (Å²) in [5.74, 6) is 0.122. The maximum Gasteiger partial charge on any atom is 0.343 e. The molecule has 0 radical (unpaired) electrons. The van der Waals surface area contributed by atoms with Crippen LogP contribution in [0.15, 0.2) is 48.5 Å². The van der Waals surface area contributed by atoms with E-state index < -0.39 is 11.9 Å². The normalized spacial score (nSPS) is 10.4. The molecule has 7 heteroatoms. The minimum absolute atomic E-state index is 0.261. The molecular weight excluding hydrogens is 344 g/mol. The molecule has 0 atom stereocenters. The predicted octanol–water partition coefficient (Wildman–Crippen LogP) is 3.32. The van der Waals surface area contributed by atoms with Gasteiger partial charge in [0.1, 0.15) is 5.75 Å². The van der Waals surface area contributed by atoms with Crippen molar-refractivity contribution in [3.05, 3.63) is 59.7 Å². The summed E-state index contributed by atoms with van der Waals surface area (Å²) in [5, 5.41) is 0. The van der Waals surface area contributed by atoms with Crippen LogP contribution >= 0.6 is 12.9 Å². The molecule has 0 aliphatic heterocycles. The molecule has 2 rings (SSSR count). The molecule has 0 spiro atoms. The zero-order valence-electron chi connectivity index (χ0n) is 13.6. The number of carbonyl (C=O) groups is 2. The quantitative estimate of drug-likeness (QED) is 0.280. The standard InChI is InChI=1S/C18H16O6S/c1-21-16-11-12(4-10-17(19)22-2)3-9-15(16)23-18(20)13-5-7-14(24-25)8-6-13/h3-11,25H,1-2H3/b10-4+. The lowest BCUT2D eigenvalue weighted by atomic mass is 10.2. The summed E-state index contributed by atoms with van der Waals surface area (Å²) in [6.07, 6.45) is 2.85. The van der Waals surface area contributed by atoms with Crippen LogP contribution < -0.4 is 13.7 Å². The van der Waals surface area contributed by atoms with Gasteiger partial charge in [-0.15, -0.1) is 0 Å². The monoisotopic (exact) mass is 360 g/mol. The van der Waals surface area contributed by atoms with Crippen LogP contribution in [-0.2, 0) is 9.53 Å². The number of benzene rings is 2. The summed E-state index contributed by atoms with van der Waals surface area (Å²) in [7, 11) is 2.75. The number of ether oxygens (including phenoxy) is 3. The minimum Gasteiger partial charge on any atom is -0.493 e. The Kier molecular flexibility index (Phi) is 6.47. The number of rotatable bonds is 6. The number of thiol groups is 1. The maximum absolute atomic E-state index is 12.2. The molecule has 0 fully saturated rings.